The van der Waals surface area contributed by atoms with Crippen LogP contribution in [0.25, 0.3) is 0 Å². The van der Waals surface area contributed by atoms with E-state index in [1.165, 1.54) is 19.3 Å². The first kappa shape index (κ1) is 17.8. The van der Waals surface area contributed by atoms with Crippen molar-refractivity contribution in [3.05, 3.63) is 29.8 Å². The van der Waals surface area contributed by atoms with Crippen molar-refractivity contribution in [1.29, 1.82) is 0 Å². The lowest BCUT2D eigenvalue weighted by atomic mass is 9.95. The summed E-state index contributed by atoms with van der Waals surface area (Å²) in [5, 5.41) is 3.18. The Morgan fingerprint density at radius 3 is 2.48 bits per heavy atom. The summed E-state index contributed by atoms with van der Waals surface area (Å²) in [6, 6.07) is 7.53. The average molecular weight is 344 g/mol. The van der Waals surface area contributed by atoms with Gasteiger partial charge >= 0.3 is 0 Å². The highest BCUT2D eigenvalue weighted by Gasteiger charge is 2.34. The van der Waals surface area contributed by atoms with Crippen molar-refractivity contribution in [2.24, 2.45) is 0 Å². The van der Waals surface area contributed by atoms with Crippen LogP contribution >= 0.6 is 0 Å². The molecule has 0 unspecified atom stereocenters. The van der Waals surface area contributed by atoms with Gasteiger partial charge in [-0.05, 0) is 43.4 Å². The number of amides is 2. The molecule has 1 aliphatic heterocycles. The average Bonchev–Trinajstić information content (AvgIpc) is 3.13. The van der Waals surface area contributed by atoms with E-state index in [0.29, 0.717) is 19.0 Å². The van der Waals surface area contributed by atoms with Crippen LogP contribution in [0, 0.1) is 0 Å². The number of carbonyl (C=O) groups excluding carboxylic acids is 2. The minimum atomic E-state index is -0.298. The third-order valence-corrected chi connectivity index (χ3v) is 5.34. The zero-order valence-electron chi connectivity index (χ0n) is 15.0. The van der Waals surface area contributed by atoms with Crippen LogP contribution in [-0.2, 0) is 16.0 Å². The summed E-state index contributed by atoms with van der Waals surface area (Å²) in [6.07, 6.45) is 7.78. The maximum absolute atomic E-state index is 12.7. The molecule has 1 aliphatic carbocycles. The highest BCUT2D eigenvalue weighted by molar-refractivity contribution is 5.89. The van der Waals surface area contributed by atoms with Gasteiger partial charge in [0, 0.05) is 12.6 Å². The van der Waals surface area contributed by atoms with Gasteiger partial charge in [-0.1, -0.05) is 31.4 Å². The first-order valence-electron chi connectivity index (χ1n) is 9.40. The number of ether oxygens (including phenoxy) is 1. The van der Waals surface area contributed by atoms with Gasteiger partial charge in [-0.15, -0.1) is 0 Å². The molecule has 1 N–H and O–H groups in total. The molecule has 0 spiro atoms. The van der Waals surface area contributed by atoms with Gasteiger partial charge in [-0.25, -0.2) is 0 Å². The Labute approximate surface area is 149 Å². The molecule has 1 saturated carbocycles. The van der Waals surface area contributed by atoms with E-state index in [2.05, 4.69) is 5.32 Å². The van der Waals surface area contributed by atoms with Gasteiger partial charge in [0.05, 0.1) is 13.5 Å². The molecule has 1 aromatic rings. The Bertz CT molecular complexity index is 593. The first-order chi connectivity index (χ1) is 12.2. The molecule has 136 valence electrons. The number of nitrogens with one attached hydrogen (secondary N) is 1. The Morgan fingerprint density at radius 2 is 1.80 bits per heavy atom. The standard InChI is InChI=1S/C20H28N2O3/c1-25-17-11-9-15(10-12-17)14-19(23)22-13-5-8-18(22)20(24)21-16-6-3-2-4-7-16/h9-12,16,18H,2-8,13-14H2,1H3,(H,21,24)/t18-/m1/s1. The molecule has 0 radical (unpaired) electrons. The summed E-state index contributed by atoms with van der Waals surface area (Å²) in [4.78, 5) is 27.1. The van der Waals surface area contributed by atoms with Crippen LogP contribution in [-0.4, -0.2) is 42.5 Å². The van der Waals surface area contributed by atoms with E-state index >= 15 is 0 Å². The van der Waals surface area contributed by atoms with E-state index in [1.807, 2.05) is 24.3 Å². The van der Waals surface area contributed by atoms with Gasteiger partial charge in [0.15, 0.2) is 0 Å². The van der Waals surface area contributed by atoms with Crippen LogP contribution in [0.4, 0.5) is 0 Å². The van der Waals surface area contributed by atoms with Crippen LogP contribution in [0.1, 0.15) is 50.5 Å². The molecule has 5 heteroatoms. The minimum absolute atomic E-state index is 0.0338. The summed E-state index contributed by atoms with van der Waals surface area (Å²) in [5.41, 5.74) is 0.948. The van der Waals surface area contributed by atoms with Crippen LogP contribution in [0.5, 0.6) is 5.75 Å². The van der Waals surface area contributed by atoms with Crippen molar-refractivity contribution < 1.29 is 14.3 Å². The number of rotatable bonds is 5. The van der Waals surface area contributed by atoms with Crippen LogP contribution in [0.15, 0.2) is 24.3 Å². The van der Waals surface area contributed by atoms with Crippen molar-refractivity contribution >= 4 is 11.8 Å². The van der Waals surface area contributed by atoms with Crippen molar-refractivity contribution in [3.8, 4) is 5.75 Å². The second-order valence-corrected chi connectivity index (χ2v) is 7.11. The van der Waals surface area contributed by atoms with Crippen LogP contribution < -0.4 is 10.1 Å². The molecule has 25 heavy (non-hydrogen) atoms. The number of carbonyl (C=O) groups is 2. The molecule has 0 aromatic heterocycles. The first-order valence-corrected chi connectivity index (χ1v) is 9.40. The Morgan fingerprint density at radius 1 is 1.08 bits per heavy atom. The lowest BCUT2D eigenvalue weighted by Gasteiger charge is -2.28. The summed E-state index contributed by atoms with van der Waals surface area (Å²) in [5.74, 6) is 0.848. The number of methoxy groups -OCH3 is 1. The number of benzene rings is 1. The largest absolute Gasteiger partial charge is 0.497 e. The minimum Gasteiger partial charge on any atom is -0.497 e. The predicted octanol–water partition coefficient (Wildman–Crippen LogP) is 2.68. The molecule has 1 heterocycles. The second kappa shape index (κ2) is 8.37. The number of likely N-dealkylation sites (tertiary alicyclic amines) is 1. The van der Waals surface area contributed by atoms with E-state index in [9.17, 15) is 9.59 Å². The zero-order valence-corrected chi connectivity index (χ0v) is 15.0. The van der Waals surface area contributed by atoms with E-state index in [4.69, 9.17) is 4.74 Å². The Balaban J connectivity index is 1.57. The van der Waals surface area contributed by atoms with E-state index in [1.54, 1.807) is 12.0 Å². The van der Waals surface area contributed by atoms with E-state index < -0.39 is 0 Å². The molecule has 5 nitrogen and oxygen atoms in total. The number of nitrogens with zero attached hydrogens (tertiary/aromatic N) is 1. The SMILES string of the molecule is COc1ccc(CC(=O)N2CCC[C@@H]2C(=O)NC2CCCCC2)cc1. The predicted molar refractivity (Wildman–Crippen MR) is 96.4 cm³/mol. The van der Waals surface area contributed by atoms with Gasteiger partial charge < -0.3 is 15.0 Å². The smallest absolute Gasteiger partial charge is 0.243 e. The maximum atomic E-state index is 12.7. The summed E-state index contributed by atoms with van der Waals surface area (Å²) < 4.78 is 5.15. The second-order valence-electron chi connectivity index (χ2n) is 7.11. The Hall–Kier alpha value is -2.04. The van der Waals surface area contributed by atoms with E-state index in [0.717, 1.165) is 37.0 Å². The van der Waals surface area contributed by atoms with Gasteiger partial charge in [-0.2, -0.15) is 0 Å². The molecule has 3 rings (SSSR count). The highest BCUT2D eigenvalue weighted by atomic mass is 16.5. The van der Waals surface area contributed by atoms with Crippen molar-refractivity contribution in [2.75, 3.05) is 13.7 Å². The summed E-state index contributed by atoms with van der Waals surface area (Å²) >= 11 is 0. The van der Waals surface area contributed by atoms with Crippen LogP contribution in [0.2, 0.25) is 0 Å². The fraction of sp³-hybridized carbons (Fsp3) is 0.600. The zero-order chi connectivity index (χ0) is 17.6. The lowest BCUT2D eigenvalue weighted by molar-refractivity contribution is -0.138. The molecule has 2 aliphatic rings. The van der Waals surface area contributed by atoms with Gasteiger partial charge in [0.25, 0.3) is 0 Å². The normalized spacial score (nSPS) is 21.2. The topological polar surface area (TPSA) is 58.6 Å². The maximum Gasteiger partial charge on any atom is 0.243 e. The van der Waals surface area contributed by atoms with Gasteiger partial charge in [0.2, 0.25) is 11.8 Å². The third kappa shape index (κ3) is 4.53. The van der Waals surface area contributed by atoms with E-state index in [-0.39, 0.29) is 17.9 Å². The molecule has 2 amide bonds. The molecule has 2 fully saturated rings. The monoisotopic (exact) mass is 344 g/mol. The fourth-order valence-corrected chi connectivity index (χ4v) is 3.90. The van der Waals surface area contributed by atoms with Crippen molar-refractivity contribution in [1.82, 2.24) is 10.2 Å². The Kier molecular flexibility index (Phi) is 5.95. The molecular weight excluding hydrogens is 316 g/mol. The molecular formula is C20H28N2O3. The van der Waals surface area contributed by atoms with Gasteiger partial charge in [0.1, 0.15) is 11.8 Å². The third-order valence-electron chi connectivity index (χ3n) is 5.34. The summed E-state index contributed by atoms with van der Waals surface area (Å²) in [6.45, 7) is 0.678. The number of hydrogen-bond acceptors (Lipinski definition) is 3. The molecule has 1 aromatic carbocycles. The quantitative estimate of drug-likeness (QED) is 0.893. The lowest BCUT2D eigenvalue weighted by Crippen LogP contribution is -2.49. The molecule has 1 saturated heterocycles. The molecule has 0 bridgehead atoms. The number of hydrogen-bond donors (Lipinski definition) is 1. The highest BCUT2D eigenvalue weighted by Crippen LogP contribution is 2.22. The fourth-order valence-electron chi connectivity index (χ4n) is 3.90. The van der Waals surface area contributed by atoms with Crippen LogP contribution in [0.3, 0.4) is 0 Å². The summed E-state index contributed by atoms with van der Waals surface area (Å²) in [7, 11) is 1.62. The van der Waals surface area contributed by atoms with Crippen molar-refractivity contribution in [2.45, 2.75) is 63.5 Å². The molecule has 1 atom stereocenters. The van der Waals surface area contributed by atoms with Crippen molar-refractivity contribution in [3.63, 3.8) is 0 Å². The van der Waals surface area contributed by atoms with Gasteiger partial charge in [-0.3, -0.25) is 9.59 Å².